The first-order valence-electron chi connectivity index (χ1n) is 10.6. The Hall–Kier alpha value is -3.64. The van der Waals surface area contributed by atoms with Gasteiger partial charge in [0, 0.05) is 29.3 Å². The Labute approximate surface area is 187 Å². The number of hydrogen-bond donors (Lipinski definition) is 1. The van der Waals surface area contributed by atoms with Gasteiger partial charge in [-0.15, -0.1) is 0 Å². The van der Waals surface area contributed by atoms with Crippen molar-refractivity contribution in [1.82, 2.24) is 10.3 Å². The molecule has 1 amide bonds. The van der Waals surface area contributed by atoms with E-state index in [2.05, 4.69) is 10.3 Å². The summed E-state index contributed by atoms with van der Waals surface area (Å²) in [5.74, 6) is 0.452. The number of amides is 1. The summed E-state index contributed by atoms with van der Waals surface area (Å²) in [5, 5.41) is 3.82. The highest BCUT2D eigenvalue weighted by atomic mass is 16.5. The van der Waals surface area contributed by atoms with Crippen molar-refractivity contribution in [2.24, 2.45) is 0 Å². The van der Waals surface area contributed by atoms with Crippen LogP contribution in [0.15, 0.2) is 77.3 Å². The molecule has 0 aliphatic rings. The third-order valence-electron chi connectivity index (χ3n) is 4.97. The van der Waals surface area contributed by atoms with Crippen molar-refractivity contribution in [3.05, 3.63) is 95.4 Å². The van der Waals surface area contributed by atoms with Crippen LogP contribution in [0.3, 0.4) is 0 Å². The Kier molecular flexibility index (Phi) is 6.82. The van der Waals surface area contributed by atoms with Gasteiger partial charge in [-0.3, -0.25) is 4.79 Å². The lowest BCUT2D eigenvalue weighted by atomic mass is 10.1. The number of nitrogens with zero attached hydrogens (tertiary/aromatic N) is 1. The summed E-state index contributed by atoms with van der Waals surface area (Å²) in [6.07, 6.45) is 1.71. The number of furan rings is 1. The average molecular weight is 431 g/mol. The van der Waals surface area contributed by atoms with Gasteiger partial charge in [0.1, 0.15) is 12.2 Å². The third kappa shape index (κ3) is 5.15. The molecule has 2 aromatic carbocycles. The van der Waals surface area contributed by atoms with Crippen molar-refractivity contribution in [2.45, 2.75) is 39.7 Å². The number of pyridine rings is 1. The van der Waals surface area contributed by atoms with Gasteiger partial charge >= 0.3 is 0 Å². The predicted molar refractivity (Wildman–Crippen MR) is 122 cm³/mol. The summed E-state index contributed by atoms with van der Waals surface area (Å²) >= 11 is 0. The Morgan fingerprint density at radius 2 is 1.78 bits per heavy atom. The zero-order valence-corrected chi connectivity index (χ0v) is 18.2. The van der Waals surface area contributed by atoms with Crippen LogP contribution in [-0.4, -0.2) is 17.0 Å². The fourth-order valence-corrected chi connectivity index (χ4v) is 3.35. The topological polar surface area (TPSA) is 73.6 Å². The fraction of sp³-hybridized carbons (Fsp3) is 0.231. The number of para-hydroxylation sites is 1. The van der Waals surface area contributed by atoms with E-state index in [1.165, 1.54) is 0 Å². The van der Waals surface area contributed by atoms with E-state index >= 15 is 0 Å². The van der Waals surface area contributed by atoms with Gasteiger partial charge in [-0.2, -0.15) is 0 Å². The molecular formula is C26H26N2O4. The lowest BCUT2D eigenvalue weighted by Crippen LogP contribution is -2.24. The maximum atomic E-state index is 13.0. The molecule has 4 aromatic rings. The number of carbonyl (C=O) groups is 1. The molecule has 0 fully saturated rings. The standard InChI is InChI=1S/C26H26N2O4/c1-18(2)30-17-22-21-12-6-7-13-23(21)32-24(22)25(29)28-15-20-11-8-14-27-26(20)31-16-19-9-4-3-5-10-19/h3-14,18H,15-17H2,1-2H3,(H,28,29). The Balaban J connectivity index is 1.48. The quantitative estimate of drug-likeness (QED) is 0.392. The highest BCUT2D eigenvalue weighted by Gasteiger charge is 2.21. The monoisotopic (exact) mass is 430 g/mol. The molecule has 6 nitrogen and oxygen atoms in total. The molecule has 32 heavy (non-hydrogen) atoms. The van der Waals surface area contributed by atoms with Crippen molar-refractivity contribution in [3.8, 4) is 5.88 Å². The minimum absolute atomic E-state index is 0.0410. The molecule has 4 rings (SSSR count). The van der Waals surface area contributed by atoms with E-state index in [1.54, 1.807) is 6.20 Å². The molecule has 0 saturated carbocycles. The van der Waals surface area contributed by atoms with Crippen molar-refractivity contribution in [1.29, 1.82) is 0 Å². The van der Waals surface area contributed by atoms with Crippen LogP contribution in [0.25, 0.3) is 11.0 Å². The van der Waals surface area contributed by atoms with E-state index < -0.39 is 0 Å². The first-order valence-corrected chi connectivity index (χ1v) is 10.6. The van der Waals surface area contributed by atoms with Gasteiger partial charge in [0.2, 0.25) is 5.88 Å². The van der Waals surface area contributed by atoms with Crippen LogP contribution in [0.1, 0.15) is 41.1 Å². The van der Waals surface area contributed by atoms with Crippen LogP contribution in [-0.2, 0) is 24.5 Å². The van der Waals surface area contributed by atoms with Crippen LogP contribution < -0.4 is 10.1 Å². The average Bonchev–Trinajstić information content (AvgIpc) is 3.20. The van der Waals surface area contributed by atoms with Gasteiger partial charge in [0.15, 0.2) is 5.76 Å². The van der Waals surface area contributed by atoms with Gasteiger partial charge in [0.05, 0.1) is 12.7 Å². The summed E-state index contributed by atoms with van der Waals surface area (Å²) in [6, 6.07) is 21.2. The van der Waals surface area contributed by atoms with E-state index in [9.17, 15) is 4.79 Å². The van der Waals surface area contributed by atoms with Crippen LogP contribution in [0.4, 0.5) is 0 Å². The highest BCUT2D eigenvalue weighted by molar-refractivity contribution is 5.99. The van der Waals surface area contributed by atoms with Crippen molar-refractivity contribution < 1.29 is 18.7 Å². The van der Waals surface area contributed by atoms with Crippen molar-refractivity contribution >= 4 is 16.9 Å². The second kappa shape index (κ2) is 10.1. The molecule has 0 spiro atoms. The van der Waals surface area contributed by atoms with E-state index in [0.717, 1.165) is 22.1 Å². The SMILES string of the molecule is CC(C)OCc1c(C(=O)NCc2cccnc2OCc2ccccc2)oc2ccccc12. The molecule has 164 valence electrons. The van der Waals surface area contributed by atoms with E-state index in [-0.39, 0.29) is 24.3 Å². The fourth-order valence-electron chi connectivity index (χ4n) is 3.35. The molecule has 0 saturated heterocycles. The second-order valence-electron chi connectivity index (χ2n) is 7.69. The first kappa shape index (κ1) is 21.6. The summed E-state index contributed by atoms with van der Waals surface area (Å²) in [7, 11) is 0. The second-order valence-corrected chi connectivity index (χ2v) is 7.69. The largest absolute Gasteiger partial charge is 0.473 e. The normalized spacial score (nSPS) is 11.1. The maximum Gasteiger partial charge on any atom is 0.287 e. The molecule has 6 heteroatoms. The van der Waals surface area contributed by atoms with E-state index in [4.69, 9.17) is 13.9 Å². The molecule has 0 bridgehead atoms. The molecule has 0 aliphatic carbocycles. The van der Waals surface area contributed by atoms with E-state index in [1.807, 2.05) is 80.6 Å². The number of aromatic nitrogens is 1. The summed E-state index contributed by atoms with van der Waals surface area (Å²) in [5.41, 5.74) is 3.24. The molecule has 0 aliphatic heterocycles. The summed E-state index contributed by atoms with van der Waals surface area (Å²) < 4.78 is 17.5. The molecule has 1 N–H and O–H groups in total. The molecular weight excluding hydrogens is 404 g/mol. The smallest absolute Gasteiger partial charge is 0.287 e. The van der Waals surface area contributed by atoms with Gasteiger partial charge in [-0.05, 0) is 31.5 Å². The molecule has 2 heterocycles. The number of fused-ring (bicyclic) bond motifs is 1. The minimum atomic E-state index is -0.304. The van der Waals surface area contributed by atoms with Gasteiger partial charge in [-0.25, -0.2) is 4.98 Å². The molecule has 0 unspecified atom stereocenters. The minimum Gasteiger partial charge on any atom is -0.473 e. The molecule has 2 aromatic heterocycles. The van der Waals surface area contributed by atoms with Crippen molar-refractivity contribution in [2.75, 3.05) is 0 Å². The summed E-state index contributed by atoms with van der Waals surface area (Å²) in [6.45, 7) is 4.88. The molecule has 0 atom stereocenters. The number of carbonyl (C=O) groups excluding carboxylic acids is 1. The maximum absolute atomic E-state index is 13.0. The van der Waals surface area contributed by atoms with Crippen LogP contribution in [0.5, 0.6) is 5.88 Å². The Morgan fingerprint density at radius 1 is 1.00 bits per heavy atom. The predicted octanol–water partition coefficient (Wildman–Crippen LogP) is 5.26. The van der Waals surface area contributed by atoms with Crippen LogP contribution in [0, 0.1) is 0 Å². The summed E-state index contributed by atoms with van der Waals surface area (Å²) in [4.78, 5) is 17.4. The number of ether oxygens (including phenoxy) is 2. The highest BCUT2D eigenvalue weighted by Crippen LogP contribution is 2.27. The lowest BCUT2D eigenvalue weighted by Gasteiger charge is -2.11. The Bertz CT molecular complexity index is 1180. The van der Waals surface area contributed by atoms with Crippen molar-refractivity contribution in [3.63, 3.8) is 0 Å². The third-order valence-corrected chi connectivity index (χ3v) is 4.97. The Morgan fingerprint density at radius 3 is 2.59 bits per heavy atom. The van der Waals surface area contributed by atoms with Gasteiger partial charge in [-0.1, -0.05) is 54.6 Å². The van der Waals surface area contributed by atoms with Crippen LogP contribution >= 0.6 is 0 Å². The lowest BCUT2D eigenvalue weighted by molar-refractivity contribution is 0.0643. The first-order chi connectivity index (χ1) is 15.6. The number of benzene rings is 2. The van der Waals surface area contributed by atoms with E-state index in [0.29, 0.717) is 24.7 Å². The molecule has 0 radical (unpaired) electrons. The van der Waals surface area contributed by atoms with Crippen LogP contribution in [0.2, 0.25) is 0 Å². The van der Waals surface area contributed by atoms with Gasteiger partial charge < -0.3 is 19.2 Å². The number of nitrogens with one attached hydrogen (secondary N) is 1. The zero-order valence-electron chi connectivity index (χ0n) is 18.2. The number of rotatable bonds is 9. The zero-order chi connectivity index (χ0) is 22.3. The number of hydrogen-bond acceptors (Lipinski definition) is 5. The van der Waals surface area contributed by atoms with Gasteiger partial charge in [0.25, 0.3) is 5.91 Å².